The molecule has 1 amide bonds. The van der Waals surface area contributed by atoms with Crippen LogP contribution in [0, 0.1) is 0 Å². The van der Waals surface area contributed by atoms with Crippen molar-refractivity contribution in [1.29, 1.82) is 0 Å². The average Bonchev–Trinajstić information content (AvgIpc) is 2.74. The van der Waals surface area contributed by atoms with E-state index in [0.29, 0.717) is 11.3 Å². The van der Waals surface area contributed by atoms with Gasteiger partial charge in [0.1, 0.15) is 5.69 Å². The summed E-state index contributed by atoms with van der Waals surface area (Å²) >= 11 is 0. The molecule has 0 aliphatic rings. The molecule has 0 aliphatic heterocycles. The Morgan fingerprint density at radius 2 is 2.12 bits per heavy atom. The van der Waals surface area contributed by atoms with Crippen LogP contribution in [0.2, 0.25) is 0 Å². The van der Waals surface area contributed by atoms with E-state index >= 15 is 0 Å². The van der Waals surface area contributed by atoms with Crippen LogP contribution < -0.4 is 0 Å². The van der Waals surface area contributed by atoms with Crippen LogP contribution in [0.3, 0.4) is 0 Å². The number of nitrogens with zero attached hydrogens (tertiary/aromatic N) is 1. The van der Waals surface area contributed by atoms with Gasteiger partial charge in [-0.05, 0) is 19.4 Å². The third-order valence-electron chi connectivity index (χ3n) is 2.51. The Labute approximate surface area is 95.6 Å². The summed E-state index contributed by atoms with van der Waals surface area (Å²) in [6, 6.07) is 1.60. The van der Waals surface area contributed by atoms with Crippen LogP contribution >= 0.6 is 0 Å². The normalized spacial score (nSPS) is 10.2. The molecule has 0 atom stereocenters. The number of aromatic nitrogens is 1. The van der Waals surface area contributed by atoms with Crippen molar-refractivity contribution in [1.82, 2.24) is 9.88 Å². The Hall–Kier alpha value is -1.58. The Bertz CT molecular complexity index is 382. The van der Waals surface area contributed by atoms with E-state index < -0.39 is 0 Å². The first-order chi connectivity index (χ1) is 7.56. The summed E-state index contributed by atoms with van der Waals surface area (Å²) in [5, 5.41) is 0. The van der Waals surface area contributed by atoms with E-state index in [2.05, 4.69) is 11.9 Å². The van der Waals surface area contributed by atoms with Crippen molar-refractivity contribution < 1.29 is 9.59 Å². The molecular weight excluding hydrogens is 204 g/mol. The zero-order valence-corrected chi connectivity index (χ0v) is 10.0. The van der Waals surface area contributed by atoms with Gasteiger partial charge in [0.15, 0.2) is 5.78 Å². The fraction of sp³-hybridized carbons (Fsp3) is 0.500. The molecule has 16 heavy (non-hydrogen) atoms. The Kier molecular flexibility index (Phi) is 4.28. The molecule has 0 bridgehead atoms. The lowest BCUT2D eigenvalue weighted by Gasteiger charge is -2.15. The Morgan fingerprint density at radius 3 is 2.62 bits per heavy atom. The van der Waals surface area contributed by atoms with Gasteiger partial charge in [0.25, 0.3) is 5.91 Å². The average molecular weight is 222 g/mol. The Morgan fingerprint density at radius 1 is 1.44 bits per heavy atom. The SMILES string of the molecule is CCCCN(C)C(=O)c1cc(C(C)=O)c[nH]1. The second-order valence-electron chi connectivity index (χ2n) is 3.94. The molecule has 0 aromatic carbocycles. The zero-order valence-electron chi connectivity index (χ0n) is 10.0. The highest BCUT2D eigenvalue weighted by Gasteiger charge is 2.14. The van der Waals surface area contributed by atoms with Crippen molar-refractivity contribution in [3.05, 3.63) is 23.5 Å². The van der Waals surface area contributed by atoms with Gasteiger partial charge in [0.05, 0.1) is 0 Å². The number of rotatable bonds is 5. The molecule has 0 saturated heterocycles. The van der Waals surface area contributed by atoms with E-state index in [1.165, 1.54) is 6.92 Å². The minimum atomic E-state index is -0.0686. The van der Waals surface area contributed by atoms with E-state index in [4.69, 9.17) is 0 Å². The van der Waals surface area contributed by atoms with Gasteiger partial charge in [-0.15, -0.1) is 0 Å². The van der Waals surface area contributed by atoms with E-state index in [1.807, 2.05) is 0 Å². The topological polar surface area (TPSA) is 53.2 Å². The molecule has 0 spiro atoms. The van der Waals surface area contributed by atoms with Gasteiger partial charge in [-0.3, -0.25) is 9.59 Å². The Balaban J connectivity index is 2.68. The van der Waals surface area contributed by atoms with Crippen molar-refractivity contribution in [3.63, 3.8) is 0 Å². The monoisotopic (exact) mass is 222 g/mol. The van der Waals surface area contributed by atoms with Crippen LogP contribution in [0.4, 0.5) is 0 Å². The molecule has 1 rings (SSSR count). The largest absolute Gasteiger partial charge is 0.356 e. The summed E-state index contributed by atoms with van der Waals surface area (Å²) in [6.07, 6.45) is 3.62. The van der Waals surface area contributed by atoms with Crippen LogP contribution in [-0.4, -0.2) is 35.2 Å². The maximum absolute atomic E-state index is 11.9. The highest BCUT2D eigenvalue weighted by molar-refractivity contribution is 5.98. The number of aromatic amines is 1. The minimum Gasteiger partial charge on any atom is -0.356 e. The predicted molar refractivity (Wildman–Crippen MR) is 62.7 cm³/mol. The van der Waals surface area contributed by atoms with Crippen molar-refractivity contribution in [2.45, 2.75) is 26.7 Å². The molecule has 1 aromatic rings. The van der Waals surface area contributed by atoms with Gasteiger partial charge in [-0.2, -0.15) is 0 Å². The molecule has 1 heterocycles. The number of nitrogens with one attached hydrogen (secondary N) is 1. The molecule has 88 valence electrons. The van der Waals surface area contributed by atoms with Crippen LogP contribution in [-0.2, 0) is 0 Å². The molecular formula is C12H18N2O2. The van der Waals surface area contributed by atoms with Gasteiger partial charge in [0.2, 0.25) is 0 Å². The van der Waals surface area contributed by atoms with Crippen LogP contribution in [0.1, 0.15) is 47.5 Å². The van der Waals surface area contributed by atoms with Crippen LogP contribution in [0.25, 0.3) is 0 Å². The van der Waals surface area contributed by atoms with Gasteiger partial charge in [0, 0.05) is 25.4 Å². The molecule has 1 aromatic heterocycles. The molecule has 4 heteroatoms. The maximum atomic E-state index is 11.9. The van der Waals surface area contributed by atoms with Crippen molar-refractivity contribution >= 4 is 11.7 Å². The summed E-state index contributed by atoms with van der Waals surface area (Å²) in [5.41, 5.74) is 1.02. The van der Waals surface area contributed by atoms with Crippen LogP contribution in [0.15, 0.2) is 12.3 Å². The standard InChI is InChI=1S/C12H18N2O2/c1-4-5-6-14(3)12(16)11-7-10(8-13-11)9(2)15/h7-8,13H,4-6H2,1-3H3. The second kappa shape index (κ2) is 5.49. The van der Waals surface area contributed by atoms with Crippen LogP contribution in [0.5, 0.6) is 0 Å². The lowest BCUT2D eigenvalue weighted by atomic mass is 10.2. The fourth-order valence-corrected chi connectivity index (χ4v) is 1.42. The summed E-state index contributed by atoms with van der Waals surface area (Å²) in [6.45, 7) is 4.31. The maximum Gasteiger partial charge on any atom is 0.270 e. The van der Waals surface area contributed by atoms with E-state index in [1.54, 1.807) is 24.2 Å². The highest BCUT2D eigenvalue weighted by atomic mass is 16.2. The summed E-state index contributed by atoms with van der Waals surface area (Å²) < 4.78 is 0. The first-order valence-electron chi connectivity index (χ1n) is 5.51. The third-order valence-corrected chi connectivity index (χ3v) is 2.51. The number of Topliss-reactive ketones (excluding diaryl/α,β-unsaturated/α-hetero) is 1. The molecule has 0 radical (unpaired) electrons. The second-order valence-corrected chi connectivity index (χ2v) is 3.94. The van der Waals surface area contributed by atoms with E-state index in [-0.39, 0.29) is 11.7 Å². The molecule has 0 aliphatic carbocycles. The van der Waals surface area contributed by atoms with Gasteiger partial charge in [-0.25, -0.2) is 0 Å². The molecule has 0 unspecified atom stereocenters. The molecule has 0 saturated carbocycles. The van der Waals surface area contributed by atoms with Crippen molar-refractivity contribution in [2.75, 3.05) is 13.6 Å². The number of hydrogen-bond donors (Lipinski definition) is 1. The molecule has 4 nitrogen and oxygen atoms in total. The van der Waals surface area contributed by atoms with Gasteiger partial charge in [-0.1, -0.05) is 13.3 Å². The number of amides is 1. The zero-order chi connectivity index (χ0) is 12.1. The van der Waals surface area contributed by atoms with E-state index in [0.717, 1.165) is 19.4 Å². The molecule has 0 fully saturated rings. The number of ketones is 1. The minimum absolute atomic E-state index is 0.0356. The quantitative estimate of drug-likeness (QED) is 0.775. The number of carbonyl (C=O) groups is 2. The summed E-state index contributed by atoms with van der Waals surface area (Å²) in [7, 11) is 1.77. The highest BCUT2D eigenvalue weighted by Crippen LogP contribution is 2.07. The third kappa shape index (κ3) is 2.95. The van der Waals surface area contributed by atoms with Crippen molar-refractivity contribution in [3.8, 4) is 0 Å². The van der Waals surface area contributed by atoms with Gasteiger partial charge < -0.3 is 9.88 Å². The summed E-state index contributed by atoms with van der Waals surface area (Å²) in [4.78, 5) is 27.4. The number of H-pyrrole nitrogens is 1. The first-order valence-corrected chi connectivity index (χ1v) is 5.51. The fourth-order valence-electron chi connectivity index (χ4n) is 1.42. The summed E-state index contributed by atoms with van der Waals surface area (Å²) in [5.74, 6) is -0.104. The molecule has 1 N–H and O–H groups in total. The number of hydrogen-bond acceptors (Lipinski definition) is 2. The number of carbonyl (C=O) groups excluding carboxylic acids is 2. The van der Waals surface area contributed by atoms with Gasteiger partial charge >= 0.3 is 0 Å². The lowest BCUT2D eigenvalue weighted by Crippen LogP contribution is -2.27. The van der Waals surface area contributed by atoms with Crippen molar-refractivity contribution in [2.24, 2.45) is 0 Å². The predicted octanol–water partition coefficient (Wildman–Crippen LogP) is 2.09. The smallest absolute Gasteiger partial charge is 0.270 e. The van der Waals surface area contributed by atoms with E-state index in [9.17, 15) is 9.59 Å². The first kappa shape index (κ1) is 12.5. The lowest BCUT2D eigenvalue weighted by molar-refractivity contribution is 0.0788. The number of unbranched alkanes of at least 4 members (excludes halogenated alkanes) is 1.